The third kappa shape index (κ3) is 4.02. The highest BCUT2D eigenvalue weighted by atomic mass is 35.5. The Bertz CT molecular complexity index is 1060. The van der Waals surface area contributed by atoms with Gasteiger partial charge in [0.1, 0.15) is 0 Å². The molecule has 1 aliphatic rings. The summed E-state index contributed by atoms with van der Waals surface area (Å²) in [6.07, 6.45) is 3.33. The lowest BCUT2D eigenvalue weighted by Gasteiger charge is -2.26. The minimum absolute atomic E-state index is 0.0967. The molecule has 0 spiro atoms. The van der Waals surface area contributed by atoms with Crippen molar-refractivity contribution in [2.24, 2.45) is 0 Å². The van der Waals surface area contributed by atoms with Crippen molar-refractivity contribution in [3.63, 3.8) is 0 Å². The van der Waals surface area contributed by atoms with Gasteiger partial charge in [-0.2, -0.15) is 0 Å². The van der Waals surface area contributed by atoms with E-state index >= 15 is 0 Å². The first-order chi connectivity index (χ1) is 13.5. The number of benzene rings is 2. The molecule has 0 unspecified atom stereocenters. The zero-order chi connectivity index (χ0) is 19.7. The van der Waals surface area contributed by atoms with E-state index in [1.165, 1.54) is 17.8 Å². The highest BCUT2D eigenvalue weighted by Gasteiger charge is 2.20. The van der Waals surface area contributed by atoms with Gasteiger partial charge in [0.05, 0.1) is 15.5 Å². The second kappa shape index (κ2) is 8.11. The van der Waals surface area contributed by atoms with E-state index < -0.39 is 0 Å². The van der Waals surface area contributed by atoms with Gasteiger partial charge in [0.15, 0.2) is 0 Å². The van der Waals surface area contributed by atoms with Crippen LogP contribution in [0.5, 0.6) is 0 Å². The molecule has 1 saturated heterocycles. The normalized spacial score (nSPS) is 14.3. The van der Waals surface area contributed by atoms with Crippen LogP contribution in [0.25, 0.3) is 10.1 Å². The molecule has 2 amide bonds. The highest BCUT2D eigenvalue weighted by molar-refractivity contribution is 7.20. The first kappa shape index (κ1) is 19.2. The molecule has 4 nitrogen and oxygen atoms in total. The predicted octanol–water partition coefficient (Wildman–Crippen LogP) is 6.09. The average molecular weight is 433 g/mol. The molecule has 0 radical (unpaired) electrons. The molecule has 2 aromatic carbocycles. The number of hydrogen-bond donors (Lipinski definition) is 1. The fourth-order valence-corrected chi connectivity index (χ4v) is 4.86. The Labute approximate surface area is 177 Å². The van der Waals surface area contributed by atoms with Crippen LogP contribution in [0.2, 0.25) is 10.0 Å². The van der Waals surface area contributed by atoms with Crippen molar-refractivity contribution < 1.29 is 9.59 Å². The van der Waals surface area contributed by atoms with Crippen LogP contribution in [0.3, 0.4) is 0 Å². The number of nitrogens with zero attached hydrogens (tertiary/aromatic N) is 1. The van der Waals surface area contributed by atoms with Crippen LogP contribution in [-0.2, 0) is 0 Å². The number of hydrogen-bond acceptors (Lipinski definition) is 3. The van der Waals surface area contributed by atoms with Gasteiger partial charge in [0.2, 0.25) is 0 Å². The number of halogens is 2. The SMILES string of the molecule is O=C(Nc1ccc2sc(C(=O)N3CCCCC3)cc2c1)c1ccc(Cl)cc1Cl. The second-order valence-corrected chi connectivity index (χ2v) is 8.72. The van der Waals surface area contributed by atoms with Gasteiger partial charge < -0.3 is 10.2 Å². The van der Waals surface area contributed by atoms with Crippen molar-refractivity contribution in [2.75, 3.05) is 18.4 Å². The number of anilines is 1. The summed E-state index contributed by atoms with van der Waals surface area (Å²) in [7, 11) is 0. The summed E-state index contributed by atoms with van der Waals surface area (Å²) in [5, 5.41) is 4.57. The van der Waals surface area contributed by atoms with Crippen molar-refractivity contribution in [1.82, 2.24) is 4.90 Å². The predicted molar refractivity (Wildman–Crippen MR) is 116 cm³/mol. The monoisotopic (exact) mass is 432 g/mol. The highest BCUT2D eigenvalue weighted by Crippen LogP contribution is 2.30. The topological polar surface area (TPSA) is 49.4 Å². The Kier molecular flexibility index (Phi) is 5.58. The van der Waals surface area contributed by atoms with Crippen LogP contribution in [0.4, 0.5) is 5.69 Å². The number of fused-ring (bicyclic) bond motifs is 1. The van der Waals surface area contributed by atoms with Crippen LogP contribution in [0, 0.1) is 0 Å². The maximum absolute atomic E-state index is 12.7. The molecule has 0 bridgehead atoms. The molecule has 7 heteroatoms. The summed E-state index contributed by atoms with van der Waals surface area (Å²) in [6.45, 7) is 1.66. The van der Waals surface area contributed by atoms with Gasteiger partial charge in [-0.3, -0.25) is 9.59 Å². The smallest absolute Gasteiger partial charge is 0.263 e. The summed E-state index contributed by atoms with van der Waals surface area (Å²) in [4.78, 5) is 27.9. The zero-order valence-corrected chi connectivity index (χ0v) is 17.3. The van der Waals surface area contributed by atoms with Crippen LogP contribution in [0.1, 0.15) is 39.3 Å². The molecule has 0 atom stereocenters. The van der Waals surface area contributed by atoms with E-state index in [-0.39, 0.29) is 11.8 Å². The van der Waals surface area contributed by atoms with E-state index in [4.69, 9.17) is 23.2 Å². The number of nitrogens with one attached hydrogen (secondary N) is 1. The molecular weight excluding hydrogens is 415 g/mol. The van der Waals surface area contributed by atoms with Crippen LogP contribution in [-0.4, -0.2) is 29.8 Å². The largest absolute Gasteiger partial charge is 0.338 e. The summed E-state index contributed by atoms with van der Waals surface area (Å²) < 4.78 is 1.02. The fraction of sp³-hybridized carbons (Fsp3) is 0.238. The van der Waals surface area contributed by atoms with E-state index in [1.807, 2.05) is 29.2 Å². The Balaban J connectivity index is 1.54. The summed E-state index contributed by atoms with van der Waals surface area (Å²) >= 11 is 13.5. The van der Waals surface area contributed by atoms with Gasteiger partial charge in [-0.05, 0) is 67.1 Å². The molecule has 1 fully saturated rings. The number of thiophene rings is 1. The van der Waals surface area contributed by atoms with Crippen molar-refractivity contribution in [3.05, 3.63) is 63.0 Å². The lowest BCUT2D eigenvalue weighted by molar-refractivity contribution is 0.0729. The Morgan fingerprint density at radius 2 is 1.75 bits per heavy atom. The van der Waals surface area contributed by atoms with E-state index in [0.29, 0.717) is 21.3 Å². The number of carbonyl (C=O) groups excluding carboxylic acids is 2. The van der Waals surface area contributed by atoms with E-state index in [0.717, 1.165) is 40.9 Å². The third-order valence-electron chi connectivity index (χ3n) is 4.80. The van der Waals surface area contributed by atoms with Gasteiger partial charge in [-0.1, -0.05) is 23.2 Å². The molecule has 2 heterocycles. The first-order valence-electron chi connectivity index (χ1n) is 9.10. The summed E-state index contributed by atoms with van der Waals surface area (Å²) in [6, 6.07) is 12.3. The minimum atomic E-state index is -0.305. The number of carbonyl (C=O) groups is 2. The molecule has 3 aromatic rings. The molecule has 1 aliphatic heterocycles. The molecule has 144 valence electrons. The van der Waals surface area contributed by atoms with E-state index in [1.54, 1.807) is 18.2 Å². The number of likely N-dealkylation sites (tertiary alicyclic amines) is 1. The lowest BCUT2D eigenvalue weighted by Crippen LogP contribution is -2.35. The fourth-order valence-electron chi connectivity index (χ4n) is 3.35. The maximum atomic E-state index is 12.7. The number of rotatable bonds is 3. The first-order valence-corrected chi connectivity index (χ1v) is 10.7. The van der Waals surface area contributed by atoms with Crippen LogP contribution >= 0.6 is 34.5 Å². The molecule has 0 aliphatic carbocycles. The molecule has 1 N–H and O–H groups in total. The van der Waals surface area contributed by atoms with Gasteiger partial charge in [-0.15, -0.1) is 11.3 Å². The maximum Gasteiger partial charge on any atom is 0.263 e. The van der Waals surface area contributed by atoms with E-state index in [2.05, 4.69) is 5.32 Å². The Morgan fingerprint density at radius 1 is 0.964 bits per heavy atom. The molecular formula is C21H18Cl2N2O2S. The molecule has 4 rings (SSSR count). The van der Waals surface area contributed by atoms with Crippen LogP contribution < -0.4 is 5.32 Å². The Morgan fingerprint density at radius 3 is 2.50 bits per heavy atom. The lowest BCUT2D eigenvalue weighted by atomic mass is 10.1. The summed E-state index contributed by atoms with van der Waals surface area (Å²) in [5.41, 5.74) is 1.01. The quantitative estimate of drug-likeness (QED) is 0.544. The third-order valence-corrected chi connectivity index (χ3v) is 6.46. The van der Waals surface area contributed by atoms with Crippen molar-refractivity contribution in [3.8, 4) is 0 Å². The molecule has 28 heavy (non-hydrogen) atoms. The zero-order valence-electron chi connectivity index (χ0n) is 15.0. The second-order valence-electron chi connectivity index (χ2n) is 6.79. The standard InChI is InChI=1S/C21H18Cl2N2O2S/c22-14-4-6-16(17(23)12-14)20(26)24-15-5-7-18-13(10-15)11-19(28-18)21(27)25-8-2-1-3-9-25/h4-7,10-12H,1-3,8-9H2,(H,24,26). The van der Waals surface area contributed by atoms with Gasteiger partial charge in [0.25, 0.3) is 11.8 Å². The van der Waals surface area contributed by atoms with Crippen molar-refractivity contribution >= 4 is 62.1 Å². The molecule has 1 aromatic heterocycles. The average Bonchev–Trinajstić information content (AvgIpc) is 3.11. The summed E-state index contributed by atoms with van der Waals surface area (Å²) in [5.74, 6) is -0.208. The van der Waals surface area contributed by atoms with Crippen molar-refractivity contribution in [1.29, 1.82) is 0 Å². The number of amides is 2. The van der Waals surface area contributed by atoms with Gasteiger partial charge in [0, 0.05) is 28.5 Å². The van der Waals surface area contributed by atoms with Crippen molar-refractivity contribution in [2.45, 2.75) is 19.3 Å². The van der Waals surface area contributed by atoms with Crippen LogP contribution in [0.15, 0.2) is 42.5 Å². The van der Waals surface area contributed by atoms with E-state index in [9.17, 15) is 9.59 Å². The van der Waals surface area contributed by atoms with Gasteiger partial charge >= 0.3 is 0 Å². The van der Waals surface area contributed by atoms with Gasteiger partial charge in [-0.25, -0.2) is 0 Å². The Hall–Kier alpha value is -2.08. The molecule has 0 saturated carbocycles. The minimum Gasteiger partial charge on any atom is -0.338 e. The number of piperidine rings is 1.